The molecule has 0 spiro atoms. The minimum Gasteiger partial charge on any atom is -0.367 e. The predicted octanol–water partition coefficient (Wildman–Crippen LogP) is 2.43. The van der Waals surface area contributed by atoms with Crippen molar-refractivity contribution in [1.82, 2.24) is 15.1 Å². The fraction of sp³-hybridized carbons (Fsp3) is 0.667. The summed E-state index contributed by atoms with van der Waals surface area (Å²) < 4.78 is 14.7. The Hall–Kier alpha value is -1.66. The summed E-state index contributed by atoms with van der Waals surface area (Å²) in [5.74, 6) is 0.362. The Morgan fingerprint density at radius 2 is 1.85 bits per heavy atom. The average Bonchev–Trinajstić information content (AvgIpc) is 2.72. The molecule has 0 unspecified atom stereocenters. The van der Waals surface area contributed by atoms with Crippen molar-refractivity contribution in [2.24, 2.45) is 5.92 Å². The van der Waals surface area contributed by atoms with Gasteiger partial charge in [0, 0.05) is 44.8 Å². The number of piperazine rings is 1. The molecular weight excluding hydrogens is 343 g/mol. The van der Waals surface area contributed by atoms with Crippen LogP contribution >= 0.6 is 0 Å². The van der Waals surface area contributed by atoms with Gasteiger partial charge in [0.15, 0.2) is 0 Å². The number of benzene rings is 1. The fourth-order valence-corrected chi connectivity index (χ4v) is 4.16. The Labute approximate surface area is 162 Å². The van der Waals surface area contributed by atoms with Gasteiger partial charge in [0.05, 0.1) is 5.69 Å². The molecule has 27 heavy (non-hydrogen) atoms. The first-order valence-electron chi connectivity index (χ1n) is 10.3. The summed E-state index contributed by atoms with van der Waals surface area (Å²) in [5, 5.41) is 3.19. The van der Waals surface area contributed by atoms with Crippen LogP contribution in [0.5, 0.6) is 0 Å². The minimum absolute atomic E-state index is 0.0386. The number of carbonyl (C=O) groups excluding carboxylic acids is 1. The summed E-state index contributed by atoms with van der Waals surface area (Å²) in [6, 6.07) is 5.00. The first-order chi connectivity index (χ1) is 13.1. The molecule has 150 valence electrons. The van der Waals surface area contributed by atoms with Crippen LogP contribution in [0.1, 0.15) is 36.5 Å². The van der Waals surface area contributed by atoms with Gasteiger partial charge in [0.2, 0.25) is 0 Å². The molecule has 0 aromatic heterocycles. The molecule has 6 heteroatoms. The highest BCUT2D eigenvalue weighted by Crippen LogP contribution is 2.25. The lowest BCUT2D eigenvalue weighted by Crippen LogP contribution is -2.46. The van der Waals surface area contributed by atoms with E-state index in [1.165, 1.54) is 6.07 Å². The second kappa shape index (κ2) is 9.51. The zero-order chi connectivity index (χ0) is 19.2. The maximum Gasteiger partial charge on any atom is 0.253 e. The van der Waals surface area contributed by atoms with E-state index < -0.39 is 0 Å². The van der Waals surface area contributed by atoms with Crippen molar-refractivity contribution in [1.29, 1.82) is 0 Å². The SMILES string of the molecule is CCN1CCN(c2ccc(C(=O)N3CCC(CCNC)CC3)cc2F)CC1. The van der Waals surface area contributed by atoms with E-state index in [1.807, 2.05) is 11.9 Å². The molecule has 3 rings (SSSR count). The van der Waals surface area contributed by atoms with E-state index in [0.717, 1.165) is 71.6 Å². The van der Waals surface area contributed by atoms with Crippen LogP contribution in [0.25, 0.3) is 0 Å². The summed E-state index contributed by atoms with van der Waals surface area (Å²) >= 11 is 0. The van der Waals surface area contributed by atoms with Gasteiger partial charge in [-0.25, -0.2) is 4.39 Å². The first kappa shape index (κ1) is 20.1. The van der Waals surface area contributed by atoms with Gasteiger partial charge in [0.1, 0.15) is 5.82 Å². The van der Waals surface area contributed by atoms with E-state index in [2.05, 4.69) is 22.0 Å². The molecule has 0 radical (unpaired) electrons. The van der Waals surface area contributed by atoms with Crippen molar-refractivity contribution >= 4 is 11.6 Å². The third kappa shape index (κ3) is 4.99. The molecule has 1 N–H and O–H groups in total. The lowest BCUT2D eigenvalue weighted by Gasteiger charge is -2.36. The van der Waals surface area contributed by atoms with E-state index in [4.69, 9.17) is 0 Å². The van der Waals surface area contributed by atoms with Crippen LogP contribution in [0.2, 0.25) is 0 Å². The second-order valence-corrected chi connectivity index (χ2v) is 7.72. The van der Waals surface area contributed by atoms with E-state index in [0.29, 0.717) is 17.2 Å². The Balaban J connectivity index is 1.58. The van der Waals surface area contributed by atoms with E-state index in [9.17, 15) is 9.18 Å². The molecule has 0 saturated carbocycles. The Bertz CT molecular complexity index is 623. The molecule has 0 aliphatic carbocycles. The number of likely N-dealkylation sites (tertiary alicyclic amines) is 1. The number of hydrogen-bond acceptors (Lipinski definition) is 4. The van der Waals surface area contributed by atoms with Gasteiger partial charge in [-0.3, -0.25) is 4.79 Å². The quantitative estimate of drug-likeness (QED) is 0.828. The number of anilines is 1. The number of nitrogens with zero attached hydrogens (tertiary/aromatic N) is 3. The number of rotatable bonds is 6. The highest BCUT2D eigenvalue weighted by Gasteiger charge is 2.25. The largest absolute Gasteiger partial charge is 0.367 e. The number of halogens is 1. The van der Waals surface area contributed by atoms with Crippen LogP contribution in [0.15, 0.2) is 18.2 Å². The topological polar surface area (TPSA) is 38.8 Å². The van der Waals surface area contributed by atoms with Crippen molar-refractivity contribution < 1.29 is 9.18 Å². The molecule has 1 aromatic rings. The molecule has 2 aliphatic heterocycles. The number of carbonyl (C=O) groups is 1. The van der Waals surface area contributed by atoms with E-state index in [-0.39, 0.29) is 11.7 Å². The van der Waals surface area contributed by atoms with Crippen LogP contribution in [0, 0.1) is 11.7 Å². The highest BCUT2D eigenvalue weighted by molar-refractivity contribution is 5.94. The monoisotopic (exact) mass is 376 g/mol. The number of nitrogens with one attached hydrogen (secondary N) is 1. The molecular formula is C21H33FN4O. The summed E-state index contributed by atoms with van der Waals surface area (Å²) in [4.78, 5) is 19.1. The predicted molar refractivity (Wildman–Crippen MR) is 108 cm³/mol. The standard InChI is InChI=1S/C21H33FN4O/c1-3-24-12-14-25(15-13-24)20-5-4-18(16-19(20)22)21(27)26-10-7-17(8-11-26)6-9-23-2/h4-5,16-17,23H,3,6-15H2,1-2H3. The van der Waals surface area contributed by atoms with Gasteiger partial charge >= 0.3 is 0 Å². The van der Waals surface area contributed by atoms with Gasteiger partial charge in [-0.1, -0.05) is 6.92 Å². The molecule has 1 aromatic carbocycles. The number of piperidine rings is 1. The third-order valence-corrected chi connectivity index (χ3v) is 6.06. The third-order valence-electron chi connectivity index (χ3n) is 6.06. The van der Waals surface area contributed by atoms with Crippen molar-refractivity contribution in [3.63, 3.8) is 0 Å². The van der Waals surface area contributed by atoms with Gasteiger partial charge in [-0.15, -0.1) is 0 Å². The van der Waals surface area contributed by atoms with Crippen LogP contribution in [-0.4, -0.2) is 75.1 Å². The van der Waals surface area contributed by atoms with E-state index >= 15 is 0 Å². The summed E-state index contributed by atoms with van der Waals surface area (Å²) in [5.41, 5.74) is 1.09. The fourth-order valence-electron chi connectivity index (χ4n) is 4.16. The average molecular weight is 377 g/mol. The normalized spacial score (nSPS) is 19.5. The molecule has 2 fully saturated rings. The molecule has 1 amide bonds. The Kier molecular flexibility index (Phi) is 7.07. The zero-order valence-electron chi connectivity index (χ0n) is 16.7. The zero-order valence-corrected chi connectivity index (χ0v) is 16.7. The molecule has 2 saturated heterocycles. The van der Waals surface area contributed by atoms with E-state index in [1.54, 1.807) is 12.1 Å². The molecule has 2 heterocycles. The highest BCUT2D eigenvalue weighted by atomic mass is 19.1. The first-order valence-corrected chi connectivity index (χ1v) is 10.3. The molecule has 0 atom stereocenters. The van der Waals surface area contributed by atoms with Gasteiger partial charge in [-0.2, -0.15) is 0 Å². The van der Waals surface area contributed by atoms with Gasteiger partial charge < -0.3 is 20.0 Å². The van der Waals surface area contributed by atoms with Crippen LogP contribution in [-0.2, 0) is 0 Å². The van der Waals surface area contributed by atoms with Gasteiger partial charge in [-0.05, 0) is 63.5 Å². The summed E-state index contributed by atoms with van der Waals surface area (Å²) in [7, 11) is 1.97. The lowest BCUT2D eigenvalue weighted by atomic mass is 9.93. The van der Waals surface area contributed by atoms with Crippen molar-refractivity contribution in [2.45, 2.75) is 26.2 Å². The molecule has 2 aliphatic rings. The second-order valence-electron chi connectivity index (χ2n) is 7.72. The maximum atomic E-state index is 14.7. The van der Waals surface area contributed by atoms with Crippen molar-refractivity contribution in [3.05, 3.63) is 29.6 Å². The minimum atomic E-state index is -0.283. The summed E-state index contributed by atoms with van der Waals surface area (Å²) in [6.07, 6.45) is 3.23. The Morgan fingerprint density at radius 3 is 2.44 bits per heavy atom. The summed E-state index contributed by atoms with van der Waals surface area (Å²) in [6.45, 7) is 9.34. The smallest absolute Gasteiger partial charge is 0.253 e. The van der Waals surface area contributed by atoms with Crippen molar-refractivity contribution in [2.75, 3.05) is 64.3 Å². The van der Waals surface area contributed by atoms with Crippen molar-refractivity contribution in [3.8, 4) is 0 Å². The van der Waals surface area contributed by atoms with Crippen LogP contribution in [0.3, 0.4) is 0 Å². The van der Waals surface area contributed by atoms with Crippen LogP contribution in [0.4, 0.5) is 10.1 Å². The number of likely N-dealkylation sites (N-methyl/N-ethyl adjacent to an activating group) is 1. The number of hydrogen-bond donors (Lipinski definition) is 1. The molecule has 0 bridgehead atoms. The van der Waals surface area contributed by atoms with Gasteiger partial charge in [0.25, 0.3) is 5.91 Å². The lowest BCUT2D eigenvalue weighted by molar-refractivity contribution is 0.0686. The van der Waals surface area contributed by atoms with Crippen LogP contribution < -0.4 is 10.2 Å². The Morgan fingerprint density at radius 1 is 1.15 bits per heavy atom. The number of amides is 1. The molecule has 5 nitrogen and oxygen atoms in total. The maximum absolute atomic E-state index is 14.7.